The SMILES string of the molecule is COC(=O)C1[C@@H]2[C@@H]3C[C@@H]([C@@H]4c5ccccc5[C@H]34)[C@H]12. The molecule has 0 radical (unpaired) electrons. The lowest BCUT2D eigenvalue weighted by Gasteiger charge is -2.42. The van der Waals surface area contributed by atoms with Crippen LogP contribution in [-0.4, -0.2) is 13.1 Å². The Bertz CT molecular complexity index is 523. The van der Waals surface area contributed by atoms with Crippen molar-refractivity contribution in [3.05, 3.63) is 35.4 Å². The summed E-state index contributed by atoms with van der Waals surface area (Å²) < 4.78 is 4.96. The second-order valence-corrected chi connectivity index (χ2v) is 6.45. The van der Waals surface area contributed by atoms with Gasteiger partial charge in [-0.25, -0.2) is 0 Å². The Morgan fingerprint density at radius 1 is 1.11 bits per heavy atom. The highest BCUT2D eigenvalue weighted by atomic mass is 16.5. The molecular formula is C16H16O2. The topological polar surface area (TPSA) is 26.3 Å². The second-order valence-electron chi connectivity index (χ2n) is 6.45. The van der Waals surface area contributed by atoms with Gasteiger partial charge in [0.2, 0.25) is 0 Å². The Kier molecular flexibility index (Phi) is 1.50. The van der Waals surface area contributed by atoms with E-state index in [1.54, 1.807) is 11.1 Å². The highest BCUT2D eigenvalue weighted by Crippen LogP contribution is 2.80. The van der Waals surface area contributed by atoms with Crippen LogP contribution < -0.4 is 0 Å². The molecule has 0 saturated heterocycles. The lowest BCUT2D eigenvalue weighted by molar-refractivity contribution is -0.143. The zero-order chi connectivity index (χ0) is 12.0. The first kappa shape index (κ1) is 9.60. The van der Waals surface area contributed by atoms with Gasteiger partial charge in [-0.05, 0) is 53.1 Å². The summed E-state index contributed by atoms with van der Waals surface area (Å²) in [5.74, 6) is 4.65. The van der Waals surface area contributed by atoms with E-state index in [-0.39, 0.29) is 11.9 Å². The van der Waals surface area contributed by atoms with Gasteiger partial charge < -0.3 is 4.74 Å². The molecule has 2 nitrogen and oxygen atoms in total. The van der Waals surface area contributed by atoms with Crippen LogP contribution in [-0.2, 0) is 9.53 Å². The molecule has 7 atom stereocenters. The van der Waals surface area contributed by atoms with Crippen molar-refractivity contribution >= 4 is 5.97 Å². The van der Waals surface area contributed by atoms with Crippen molar-refractivity contribution in [3.8, 4) is 0 Å². The molecule has 2 heteroatoms. The Morgan fingerprint density at radius 2 is 1.67 bits per heavy atom. The molecule has 0 heterocycles. The Morgan fingerprint density at radius 3 is 2.17 bits per heavy atom. The van der Waals surface area contributed by atoms with E-state index in [0.29, 0.717) is 11.8 Å². The molecule has 1 aromatic rings. The van der Waals surface area contributed by atoms with E-state index in [1.165, 1.54) is 13.5 Å². The van der Waals surface area contributed by atoms with Crippen molar-refractivity contribution in [1.82, 2.24) is 0 Å². The lowest BCUT2D eigenvalue weighted by atomic mass is 9.61. The molecule has 0 spiro atoms. The molecule has 0 aromatic heterocycles. The first-order valence-corrected chi connectivity index (χ1v) is 6.99. The largest absolute Gasteiger partial charge is 0.469 e. The average Bonchev–Trinajstić information content (AvgIpc) is 2.93. The molecule has 3 saturated carbocycles. The number of methoxy groups -OCH3 is 1. The van der Waals surface area contributed by atoms with Gasteiger partial charge in [-0.15, -0.1) is 0 Å². The van der Waals surface area contributed by atoms with Gasteiger partial charge in [0.1, 0.15) is 0 Å². The van der Waals surface area contributed by atoms with Crippen molar-refractivity contribution in [1.29, 1.82) is 0 Å². The number of benzene rings is 1. The minimum Gasteiger partial charge on any atom is -0.469 e. The Hall–Kier alpha value is -1.31. The van der Waals surface area contributed by atoms with Gasteiger partial charge in [0.25, 0.3) is 0 Å². The minimum absolute atomic E-state index is 0.0463. The summed E-state index contributed by atoms with van der Waals surface area (Å²) in [6.07, 6.45) is 1.35. The molecule has 1 unspecified atom stereocenters. The lowest BCUT2D eigenvalue weighted by Crippen LogP contribution is -2.30. The fourth-order valence-electron chi connectivity index (χ4n) is 5.72. The van der Waals surface area contributed by atoms with Crippen LogP contribution in [0.4, 0.5) is 0 Å². The van der Waals surface area contributed by atoms with Crippen molar-refractivity contribution in [2.24, 2.45) is 29.6 Å². The fourth-order valence-corrected chi connectivity index (χ4v) is 5.72. The first-order chi connectivity index (χ1) is 8.83. The molecule has 3 fully saturated rings. The second kappa shape index (κ2) is 2.81. The third-order valence-electron chi connectivity index (χ3n) is 6.16. The fraction of sp³-hybridized carbons (Fsp3) is 0.562. The first-order valence-electron chi connectivity index (χ1n) is 6.99. The molecule has 4 aliphatic rings. The van der Waals surface area contributed by atoms with E-state index in [0.717, 1.165) is 23.7 Å². The average molecular weight is 240 g/mol. The van der Waals surface area contributed by atoms with Gasteiger partial charge >= 0.3 is 5.97 Å². The monoisotopic (exact) mass is 240 g/mol. The number of carbonyl (C=O) groups is 1. The van der Waals surface area contributed by atoms with E-state index < -0.39 is 0 Å². The predicted octanol–water partition coefficient (Wildman–Crippen LogP) is 2.55. The van der Waals surface area contributed by atoms with Crippen LogP contribution >= 0.6 is 0 Å². The molecule has 18 heavy (non-hydrogen) atoms. The minimum atomic E-state index is 0.0463. The van der Waals surface area contributed by atoms with E-state index >= 15 is 0 Å². The molecule has 1 aromatic carbocycles. The molecule has 0 amide bonds. The van der Waals surface area contributed by atoms with E-state index in [4.69, 9.17) is 4.74 Å². The predicted molar refractivity (Wildman–Crippen MR) is 66.0 cm³/mol. The van der Waals surface area contributed by atoms with Crippen molar-refractivity contribution < 1.29 is 9.53 Å². The number of hydrogen-bond donors (Lipinski definition) is 0. The maximum atomic E-state index is 11.8. The Labute approximate surface area is 106 Å². The zero-order valence-electron chi connectivity index (χ0n) is 10.4. The van der Waals surface area contributed by atoms with E-state index in [1.807, 2.05) is 0 Å². The summed E-state index contributed by atoms with van der Waals surface area (Å²) in [7, 11) is 1.53. The molecule has 0 aliphatic heterocycles. The van der Waals surface area contributed by atoms with Crippen LogP contribution in [0, 0.1) is 29.6 Å². The van der Waals surface area contributed by atoms with Crippen LogP contribution in [0.15, 0.2) is 24.3 Å². The number of rotatable bonds is 1. The molecule has 0 N–H and O–H groups in total. The summed E-state index contributed by atoms with van der Waals surface area (Å²) in [5.41, 5.74) is 3.15. The summed E-state index contributed by atoms with van der Waals surface area (Å²) in [5, 5.41) is 0. The maximum absolute atomic E-state index is 11.8. The zero-order valence-corrected chi connectivity index (χ0v) is 10.4. The maximum Gasteiger partial charge on any atom is 0.309 e. The molecule has 5 rings (SSSR count). The third-order valence-corrected chi connectivity index (χ3v) is 6.16. The molecule has 2 bridgehead atoms. The quantitative estimate of drug-likeness (QED) is 0.557. The van der Waals surface area contributed by atoms with Crippen LogP contribution in [0.3, 0.4) is 0 Å². The smallest absolute Gasteiger partial charge is 0.309 e. The normalized spacial score (nSPS) is 48.8. The van der Waals surface area contributed by atoms with Crippen LogP contribution in [0.5, 0.6) is 0 Å². The summed E-state index contributed by atoms with van der Waals surface area (Å²) in [6, 6.07) is 8.90. The molecule has 92 valence electrons. The number of fused-ring (bicyclic) bond motifs is 11. The Balaban J connectivity index is 1.53. The van der Waals surface area contributed by atoms with Crippen LogP contribution in [0.25, 0.3) is 0 Å². The van der Waals surface area contributed by atoms with Crippen molar-refractivity contribution in [2.75, 3.05) is 7.11 Å². The van der Waals surface area contributed by atoms with Gasteiger partial charge in [0, 0.05) is 0 Å². The summed E-state index contributed by atoms with van der Waals surface area (Å²) >= 11 is 0. The summed E-state index contributed by atoms with van der Waals surface area (Å²) in [4.78, 5) is 11.8. The van der Waals surface area contributed by atoms with Crippen LogP contribution in [0.2, 0.25) is 0 Å². The van der Waals surface area contributed by atoms with E-state index in [9.17, 15) is 4.79 Å². The summed E-state index contributed by atoms with van der Waals surface area (Å²) in [6.45, 7) is 0. The number of esters is 1. The highest BCUT2D eigenvalue weighted by Gasteiger charge is 2.75. The van der Waals surface area contributed by atoms with Gasteiger partial charge in [0.15, 0.2) is 0 Å². The van der Waals surface area contributed by atoms with Crippen molar-refractivity contribution in [3.63, 3.8) is 0 Å². The van der Waals surface area contributed by atoms with Crippen LogP contribution in [0.1, 0.15) is 29.4 Å². The van der Waals surface area contributed by atoms with Crippen molar-refractivity contribution in [2.45, 2.75) is 18.3 Å². The molecular weight excluding hydrogens is 224 g/mol. The molecule has 4 aliphatic carbocycles. The highest BCUT2D eigenvalue weighted by molar-refractivity contribution is 5.77. The number of ether oxygens (including phenoxy) is 1. The third kappa shape index (κ3) is 0.827. The number of hydrogen-bond acceptors (Lipinski definition) is 2. The van der Waals surface area contributed by atoms with Gasteiger partial charge in [-0.1, -0.05) is 24.3 Å². The number of carbonyl (C=O) groups excluding carboxylic acids is 1. The van der Waals surface area contributed by atoms with E-state index in [2.05, 4.69) is 24.3 Å². The van der Waals surface area contributed by atoms with Gasteiger partial charge in [-0.2, -0.15) is 0 Å². The van der Waals surface area contributed by atoms with Gasteiger partial charge in [-0.3, -0.25) is 4.79 Å². The standard InChI is InChI=1S/C16H16O2/c1-18-16(17)15-13-9-6-10(14(13)15)12-8-5-3-2-4-7(8)11(9)12/h2-5,9-15H,6H2,1H3/t9-,10+,11-,12+,13-,14+,15?. The van der Waals surface area contributed by atoms with Gasteiger partial charge in [0.05, 0.1) is 13.0 Å².